The van der Waals surface area contributed by atoms with Gasteiger partial charge in [0.1, 0.15) is 0 Å². The SMILES string of the molecule is O=c1[nH]cc(CCNCC(F)(F)F)c2ccccc12. The molecule has 0 fully saturated rings. The van der Waals surface area contributed by atoms with Gasteiger partial charge in [0, 0.05) is 11.6 Å². The Bertz CT molecular complexity index is 619. The second kappa shape index (κ2) is 5.44. The van der Waals surface area contributed by atoms with Gasteiger partial charge in [-0.2, -0.15) is 13.2 Å². The number of halogens is 3. The van der Waals surface area contributed by atoms with Crippen molar-refractivity contribution in [1.82, 2.24) is 10.3 Å². The first-order chi connectivity index (χ1) is 8.97. The summed E-state index contributed by atoms with van der Waals surface area (Å²) in [6.07, 6.45) is -2.22. The molecule has 2 aromatic rings. The molecule has 0 unspecified atom stereocenters. The molecule has 3 nitrogen and oxygen atoms in total. The van der Waals surface area contributed by atoms with E-state index in [0.717, 1.165) is 10.9 Å². The average Bonchev–Trinajstić information content (AvgIpc) is 2.36. The summed E-state index contributed by atoms with van der Waals surface area (Å²) >= 11 is 0. The number of rotatable bonds is 4. The monoisotopic (exact) mass is 270 g/mol. The Balaban J connectivity index is 2.09. The molecule has 0 saturated heterocycles. The largest absolute Gasteiger partial charge is 0.401 e. The Morgan fingerprint density at radius 2 is 1.84 bits per heavy atom. The molecule has 0 bridgehead atoms. The zero-order chi connectivity index (χ0) is 13.9. The minimum Gasteiger partial charge on any atom is -0.328 e. The molecule has 102 valence electrons. The second-order valence-corrected chi connectivity index (χ2v) is 4.23. The molecule has 2 rings (SSSR count). The highest BCUT2D eigenvalue weighted by Gasteiger charge is 2.25. The van der Waals surface area contributed by atoms with Gasteiger partial charge in [-0.1, -0.05) is 18.2 Å². The van der Waals surface area contributed by atoms with Crippen LogP contribution in [-0.2, 0) is 6.42 Å². The smallest absolute Gasteiger partial charge is 0.328 e. The molecule has 19 heavy (non-hydrogen) atoms. The highest BCUT2D eigenvalue weighted by molar-refractivity contribution is 5.84. The predicted molar refractivity (Wildman–Crippen MR) is 67.2 cm³/mol. The van der Waals surface area contributed by atoms with Crippen LogP contribution in [0, 0.1) is 0 Å². The molecule has 0 radical (unpaired) electrons. The van der Waals surface area contributed by atoms with E-state index in [1.807, 2.05) is 0 Å². The summed E-state index contributed by atoms with van der Waals surface area (Å²) in [5.41, 5.74) is 0.632. The minimum absolute atomic E-state index is 0.192. The molecule has 1 aromatic heterocycles. The van der Waals surface area contributed by atoms with E-state index in [9.17, 15) is 18.0 Å². The Morgan fingerprint density at radius 3 is 2.53 bits per heavy atom. The van der Waals surface area contributed by atoms with Crippen LogP contribution in [0.25, 0.3) is 10.8 Å². The quantitative estimate of drug-likeness (QED) is 0.837. The molecular weight excluding hydrogens is 257 g/mol. The number of hydrogen-bond donors (Lipinski definition) is 2. The topological polar surface area (TPSA) is 44.9 Å². The van der Waals surface area contributed by atoms with E-state index in [0.29, 0.717) is 11.8 Å². The second-order valence-electron chi connectivity index (χ2n) is 4.23. The summed E-state index contributed by atoms with van der Waals surface area (Å²) in [5, 5.41) is 3.67. The van der Waals surface area contributed by atoms with E-state index in [1.165, 1.54) is 0 Å². The molecule has 0 saturated carbocycles. The highest BCUT2D eigenvalue weighted by atomic mass is 19.4. The van der Waals surface area contributed by atoms with E-state index in [1.54, 1.807) is 30.5 Å². The van der Waals surface area contributed by atoms with Crippen molar-refractivity contribution in [3.05, 3.63) is 46.4 Å². The molecule has 0 atom stereocenters. The lowest BCUT2D eigenvalue weighted by Gasteiger charge is -2.09. The lowest BCUT2D eigenvalue weighted by molar-refractivity contribution is -0.124. The van der Waals surface area contributed by atoms with Crippen LogP contribution in [0.4, 0.5) is 13.2 Å². The highest BCUT2D eigenvalue weighted by Crippen LogP contribution is 2.15. The maximum absolute atomic E-state index is 12.0. The number of hydrogen-bond acceptors (Lipinski definition) is 2. The van der Waals surface area contributed by atoms with Crippen LogP contribution in [0.3, 0.4) is 0 Å². The van der Waals surface area contributed by atoms with Gasteiger partial charge >= 0.3 is 6.18 Å². The molecule has 0 spiro atoms. The van der Waals surface area contributed by atoms with Gasteiger partial charge in [-0.05, 0) is 30.0 Å². The van der Waals surface area contributed by atoms with E-state index < -0.39 is 12.7 Å². The van der Waals surface area contributed by atoms with Gasteiger partial charge in [0.05, 0.1) is 6.54 Å². The number of alkyl halides is 3. The predicted octanol–water partition coefficient (Wildman–Crippen LogP) is 2.22. The van der Waals surface area contributed by atoms with Crippen LogP contribution in [0.5, 0.6) is 0 Å². The molecular formula is C13H13F3N2O. The van der Waals surface area contributed by atoms with Gasteiger partial charge in [-0.15, -0.1) is 0 Å². The number of nitrogens with one attached hydrogen (secondary N) is 2. The van der Waals surface area contributed by atoms with Crippen LogP contribution in [-0.4, -0.2) is 24.2 Å². The average molecular weight is 270 g/mol. The van der Waals surface area contributed by atoms with Gasteiger partial charge in [-0.3, -0.25) is 4.79 Å². The van der Waals surface area contributed by atoms with Crippen molar-refractivity contribution < 1.29 is 13.2 Å². The molecule has 0 aliphatic carbocycles. The summed E-state index contributed by atoms with van der Waals surface area (Å²) in [6.45, 7) is -0.802. The van der Waals surface area contributed by atoms with Crippen LogP contribution < -0.4 is 10.9 Å². The summed E-state index contributed by atoms with van der Waals surface area (Å²) in [6, 6.07) is 7.04. The van der Waals surface area contributed by atoms with Gasteiger partial charge < -0.3 is 10.3 Å². The van der Waals surface area contributed by atoms with E-state index >= 15 is 0 Å². The molecule has 6 heteroatoms. The number of aromatic nitrogens is 1. The third kappa shape index (κ3) is 3.57. The van der Waals surface area contributed by atoms with E-state index in [2.05, 4.69) is 10.3 Å². The Hall–Kier alpha value is -1.82. The number of pyridine rings is 1. The summed E-state index contributed by atoms with van der Waals surface area (Å²) in [5.74, 6) is 0. The summed E-state index contributed by atoms with van der Waals surface area (Å²) in [4.78, 5) is 14.2. The van der Waals surface area contributed by atoms with Crippen molar-refractivity contribution in [2.45, 2.75) is 12.6 Å². The molecule has 1 heterocycles. The van der Waals surface area contributed by atoms with E-state index in [-0.39, 0.29) is 12.1 Å². The number of H-pyrrole nitrogens is 1. The van der Waals surface area contributed by atoms with Gasteiger partial charge in [0.2, 0.25) is 0 Å². The van der Waals surface area contributed by atoms with Crippen LogP contribution in [0.15, 0.2) is 35.3 Å². The number of benzene rings is 1. The number of aromatic amines is 1. The zero-order valence-electron chi connectivity index (χ0n) is 10.1. The summed E-state index contributed by atoms with van der Waals surface area (Å²) in [7, 11) is 0. The Morgan fingerprint density at radius 1 is 1.16 bits per heavy atom. The molecule has 2 N–H and O–H groups in total. The van der Waals surface area contributed by atoms with Crippen molar-refractivity contribution in [1.29, 1.82) is 0 Å². The van der Waals surface area contributed by atoms with Crippen molar-refractivity contribution in [3.63, 3.8) is 0 Å². The number of fused-ring (bicyclic) bond motifs is 1. The standard InChI is InChI=1S/C13H13F3N2O/c14-13(15,16)8-17-6-5-9-7-18-12(19)11-4-2-1-3-10(9)11/h1-4,7,17H,5-6,8H2,(H,18,19). The first-order valence-corrected chi connectivity index (χ1v) is 5.84. The lowest BCUT2D eigenvalue weighted by atomic mass is 10.1. The Labute approximate surface area is 107 Å². The molecule has 1 aromatic carbocycles. The fourth-order valence-electron chi connectivity index (χ4n) is 1.93. The van der Waals surface area contributed by atoms with Crippen LogP contribution >= 0.6 is 0 Å². The van der Waals surface area contributed by atoms with Gasteiger partial charge in [0.25, 0.3) is 5.56 Å². The van der Waals surface area contributed by atoms with Crippen molar-refractivity contribution in [2.24, 2.45) is 0 Å². The third-order valence-electron chi connectivity index (χ3n) is 2.79. The van der Waals surface area contributed by atoms with Gasteiger partial charge in [0.15, 0.2) is 0 Å². The maximum atomic E-state index is 12.0. The maximum Gasteiger partial charge on any atom is 0.401 e. The lowest BCUT2D eigenvalue weighted by Crippen LogP contribution is -2.30. The van der Waals surface area contributed by atoms with Crippen molar-refractivity contribution in [3.8, 4) is 0 Å². The van der Waals surface area contributed by atoms with Crippen LogP contribution in [0.1, 0.15) is 5.56 Å². The normalized spacial score (nSPS) is 11.9. The van der Waals surface area contributed by atoms with E-state index in [4.69, 9.17) is 0 Å². The fourth-order valence-corrected chi connectivity index (χ4v) is 1.93. The first kappa shape index (κ1) is 13.6. The Kier molecular flexibility index (Phi) is 3.90. The molecule has 0 aliphatic rings. The van der Waals surface area contributed by atoms with Crippen molar-refractivity contribution >= 4 is 10.8 Å². The first-order valence-electron chi connectivity index (χ1n) is 5.84. The molecule has 0 aliphatic heterocycles. The minimum atomic E-state index is -4.20. The molecule has 0 amide bonds. The third-order valence-corrected chi connectivity index (χ3v) is 2.79. The fraction of sp³-hybridized carbons (Fsp3) is 0.308. The zero-order valence-corrected chi connectivity index (χ0v) is 10.1. The van der Waals surface area contributed by atoms with Crippen LogP contribution in [0.2, 0.25) is 0 Å². The van der Waals surface area contributed by atoms with Crippen molar-refractivity contribution in [2.75, 3.05) is 13.1 Å². The summed E-state index contributed by atoms with van der Waals surface area (Å²) < 4.78 is 35.9. The van der Waals surface area contributed by atoms with Gasteiger partial charge in [-0.25, -0.2) is 0 Å².